The molecule has 0 bridgehead atoms. The van der Waals surface area contributed by atoms with Gasteiger partial charge < -0.3 is 14.9 Å². The fourth-order valence-corrected chi connectivity index (χ4v) is 5.79. The molecule has 2 aliphatic carbocycles. The topological polar surface area (TPSA) is 88.2 Å². The summed E-state index contributed by atoms with van der Waals surface area (Å²) in [6.45, 7) is 1.50. The minimum absolute atomic E-state index is 0. The molecule has 0 amide bonds. The van der Waals surface area contributed by atoms with Crippen LogP contribution in [0.1, 0.15) is 47.6 Å². The fraction of sp³-hybridized carbons (Fsp3) is 0.300. The van der Waals surface area contributed by atoms with E-state index in [2.05, 4.69) is 15.5 Å². The Bertz CT molecular complexity index is 1670. The molecule has 0 aliphatic heterocycles. The van der Waals surface area contributed by atoms with Crippen LogP contribution in [-0.2, 0) is 17.4 Å². The molecule has 2 N–H and O–H groups in total. The van der Waals surface area contributed by atoms with E-state index in [1.807, 2.05) is 18.2 Å². The van der Waals surface area contributed by atoms with Gasteiger partial charge >= 0.3 is 12.1 Å². The number of rotatable bonds is 6. The summed E-state index contributed by atoms with van der Waals surface area (Å²) >= 11 is 0. The molecule has 1 aromatic heterocycles. The lowest BCUT2D eigenvalue weighted by molar-refractivity contribution is -0.145. The van der Waals surface area contributed by atoms with Crippen molar-refractivity contribution < 1.29 is 36.4 Å². The molecule has 42 heavy (non-hydrogen) atoms. The van der Waals surface area contributed by atoms with Crippen LogP contribution in [0.5, 0.6) is 0 Å². The Hall–Kier alpha value is -3.83. The molecule has 1 fully saturated rings. The Balaban J connectivity index is 0.00000353. The smallest absolute Gasteiger partial charge is 0.419 e. The number of halogens is 6. The molecule has 1 heterocycles. The van der Waals surface area contributed by atoms with Crippen LogP contribution in [0.3, 0.4) is 0 Å². The van der Waals surface area contributed by atoms with Gasteiger partial charge in [0.25, 0.3) is 5.89 Å². The molecular weight excluding hydrogens is 581 g/mol. The van der Waals surface area contributed by atoms with Gasteiger partial charge in [0.15, 0.2) is 0 Å². The first-order valence-corrected chi connectivity index (χ1v) is 13.1. The van der Waals surface area contributed by atoms with Crippen molar-refractivity contribution in [3.8, 4) is 34.0 Å². The zero-order valence-electron chi connectivity index (χ0n) is 22.1. The van der Waals surface area contributed by atoms with E-state index in [4.69, 9.17) is 9.63 Å². The van der Waals surface area contributed by atoms with Crippen molar-refractivity contribution in [3.63, 3.8) is 0 Å². The summed E-state index contributed by atoms with van der Waals surface area (Å²) < 4.78 is 75.4. The van der Waals surface area contributed by atoms with Gasteiger partial charge in [-0.2, -0.15) is 18.2 Å². The van der Waals surface area contributed by atoms with Gasteiger partial charge in [-0.25, -0.2) is 8.78 Å². The molecule has 1 atom stereocenters. The SMILES string of the molecule is Cc1cc(-c2nc(-c3ccc4c(c3)CCC4NC3CC(C(=O)O)C3)no2)c(F)cc1-c1cccc(F)c1C(F)(F)F.Cl. The standard InChI is InChI=1S/C30H24F5N3O3.ClH/c1-14-9-22(24(32)13-21(14)20-3-2-4-23(31)26(20)30(33,34)35)28-37-27(38-41-28)16-5-7-19-15(10-16)6-8-25(19)36-18-11-17(12-18)29(39)40;/h2-5,7,9-10,13,17-18,25,36H,6,8,11-12H2,1H3,(H,39,40);1H. The van der Waals surface area contributed by atoms with Crippen molar-refractivity contribution in [2.45, 2.75) is 50.9 Å². The molecular formula is C30H25ClF5N3O3. The van der Waals surface area contributed by atoms with Gasteiger partial charge in [0.2, 0.25) is 5.82 Å². The fourth-order valence-electron chi connectivity index (χ4n) is 5.79. The second kappa shape index (κ2) is 11.1. The summed E-state index contributed by atoms with van der Waals surface area (Å²) in [5.41, 5.74) is 1.07. The van der Waals surface area contributed by atoms with Crippen molar-refractivity contribution >= 4 is 18.4 Å². The van der Waals surface area contributed by atoms with Crippen molar-refractivity contribution in [2.24, 2.45) is 5.92 Å². The third kappa shape index (κ3) is 5.38. The summed E-state index contributed by atoms with van der Waals surface area (Å²) in [6.07, 6.45) is -2.03. The van der Waals surface area contributed by atoms with Crippen molar-refractivity contribution in [2.75, 3.05) is 0 Å². The molecule has 12 heteroatoms. The van der Waals surface area contributed by atoms with Crippen LogP contribution in [-0.4, -0.2) is 27.3 Å². The number of carbonyl (C=O) groups is 1. The third-order valence-corrected chi connectivity index (χ3v) is 7.96. The summed E-state index contributed by atoms with van der Waals surface area (Å²) in [5.74, 6) is -3.28. The molecule has 6 rings (SSSR count). The van der Waals surface area contributed by atoms with E-state index >= 15 is 4.39 Å². The minimum atomic E-state index is -4.96. The first-order chi connectivity index (χ1) is 19.5. The Morgan fingerprint density at radius 3 is 2.50 bits per heavy atom. The highest BCUT2D eigenvalue weighted by molar-refractivity contribution is 5.85. The van der Waals surface area contributed by atoms with Gasteiger partial charge in [-0.1, -0.05) is 29.4 Å². The number of aryl methyl sites for hydroxylation is 2. The van der Waals surface area contributed by atoms with Crippen LogP contribution < -0.4 is 5.32 Å². The molecule has 220 valence electrons. The molecule has 3 aromatic carbocycles. The number of carboxylic acids is 1. The van der Waals surface area contributed by atoms with Crippen molar-refractivity contribution in [1.82, 2.24) is 15.5 Å². The molecule has 4 aromatic rings. The van der Waals surface area contributed by atoms with Gasteiger partial charge in [-0.3, -0.25) is 4.79 Å². The average Bonchev–Trinajstić information content (AvgIpc) is 3.53. The Labute approximate surface area is 243 Å². The van der Waals surface area contributed by atoms with Crippen molar-refractivity contribution in [1.29, 1.82) is 0 Å². The van der Waals surface area contributed by atoms with Crippen LogP contribution >= 0.6 is 12.4 Å². The van der Waals surface area contributed by atoms with Gasteiger partial charge in [0, 0.05) is 17.6 Å². The Kier molecular flexibility index (Phi) is 7.84. The van der Waals surface area contributed by atoms with Crippen LogP contribution in [0.2, 0.25) is 0 Å². The second-order valence-corrected chi connectivity index (χ2v) is 10.6. The predicted octanol–water partition coefficient (Wildman–Crippen LogP) is 7.54. The van der Waals surface area contributed by atoms with E-state index in [1.54, 1.807) is 0 Å². The van der Waals surface area contributed by atoms with Crippen LogP contribution in [0.25, 0.3) is 34.0 Å². The number of carboxylic acid groups (broad SMARTS) is 1. The number of aliphatic carboxylic acids is 1. The number of hydrogen-bond acceptors (Lipinski definition) is 5. The van der Waals surface area contributed by atoms with E-state index in [9.17, 15) is 22.4 Å². The van der Waals surface area contributed by atoms with E-state index in [-0.39, 0.29) is 58.8 Å². The minimum Gasteiger partial charge on any atom is -0.481 e. The number of aromatic nitrogens is 2. The van der Waals surface area contributed by atoms with Crippen LogP contribution in [0, 0.1) is 24.5 Å². The maximum Gasteiger partial charge on any atom is 0.419 e. The molecule has 6 nitrogen and oxygen atoms in total. The lowest BCUT2D eigenvalue weighted by Gasteiger charge is -2.35. The number of benzene rings is 3. The first kappa shape index (κ1) is 29.7. The average molecular weight is 606 g/mol. The lowest BCUT2D eigenvalue weighted by atomic mass is 9.80. The number of hydrogen-bond donors (Lipinski definition) is 2. The van der Waals surface area contributed by atoms with Crippen molar-refractivity contribution in [3.05, 3.63) is 82.4 Å². The van der Waals surface area contributed by atoms with E-state index < -0.39 is 34.9 Å². The quantitative estimate of drug-likeness (QED) is 0.221. The van der Waals surface area contributed by atoms with E-state index in [0.29, 0.717) is 24.5 Å². The number of alkyl halides is 3. The van der Waals surface area contributed by atoms with Crippen LogP contribution in [0.4, 0.5) is 22.0 Å². The molecule has 2 aliphatic rings. The second-order valence-electron chi connectivity index (χ2n) is 10.6. The van der Waals surface area contributed by atoms with Crippen LogP contribution in [0.15, 0.2) is 53.1 Å². The Morgan fingerprint density at radius 2 is 1.79 bits per heavy atom. The summed E-state index contributed by atoms with van der Waals surface area (Å²) in [7, 11) is 0. The molecule has 0 radical (unpaired) electrons. The highest BCUT2D eigenvalue weighted by atomic mass is 35.5. The largest absolute Gasteiger partial charge is 0.481 e. The molecule has 1 saturated carbocycles. The summed E-state index contributed by atoms with van der Waals surface area (Å²) in [5, 5.41) is 16.6. The highest BCUT2D eigenvalue weighted by Crippen LogP contribution is 2.41. The van der Waals surface area contributed by atoms with E-state index in [0.717, 1.165) is 42.2 Å². The zero-order chi connectivity index (χ0) is 29.1. The maximum absolute atomic E-state index is 15.2. The number of nitrogens with zero attached hydrogens (tertiary/aromatic N) is 2. The predicted molar refractivity (Wildman–Crippen MR) is 146 cm³/mol. The molecule has 0 spiro atoms. The van der Waals surface area contributed by atoms with Gasteiger partial charge in [-0.15, -0.1) is 12.4 Å². The Morgan fingerprint density at radius 1 is 1.02 bits per heavy atom. The third-order valence-electron chi connectivity index (χ3n) is 7.96. The van der Waals surface area contributed by atoms with Gasteiger partial charge in [-0.05, 0) is 84.7 Å². The number of fused-ring (bicyclic) bond motifs is 1. The molecule has 1 unspecified atom stereocenters. The lowest BCUT2D eigenvalue weighted by Crippen LogP contribution is -2.45. The molecule has 0 saturated heterocycles. The first-order valence-electron chi connectivity index (χ1n) is 13.1. The summed E-state index contributed by atoms with van der Waals surface area (Å²) in [6, 6.07) is 11.2. The summed E-state index contributed by atoms with van der Waals surface area (Å²) in [4.78, 5) is 15.4. The van der Waals surface area contributed by atoms with E-state index in [1.165, 1.54) is 13.0 Å². The highest BCUT2D eigenvalue weighted by Gasteiger charge is 2.38. The van der Waals surface area contributed by atoms with Gasteiger partial charge in [0.05, 0.1) is 17.0 Å². The zero-order valence-corrected chi connectivity index (χ0v) is 23.0. The van der Waals surface area contributed by atoms with Gasteiger partial charge in [0.1, 0.15) is 11.6 Å². The number of nitrogens with one attached hydrogen (secondary N) is 1. The normalized spacial score (nSPS) is 19.6. The maximum atomic E-state index is 15.2. The monoisotopic (exact) mass is 605 g/mol.